The summed E-state index contributed by atoms with van der Waals surface area (Å²) in [4.78, 5) is 3.61. The molecule has 30 heavy (non-hydrogen) atoms. The number of rotatable bonds is 4. The molecule has 0 radical (unpaired) electrons. The number of nitrogens with two attached hydrogens (primary N) is 1. The third kappa shape index (κ3) is 4.25. The minimum Gasteiger partial charge on any atom is -0.366 e. The van der Waals surface area contributed by atoms with Gasteiger partial charge in [0, 0.05) is 19.1 Å². The quantitative estimate of drug-likeness (QED) is 0.458. The lowest BCUT2D eigenvalue weighted by Gasteiger charge is -2.51. The van der Waals surface area contributed by atoms with Crippen molar-refractivity contribution >= 4 is 17.2 Å². The number of hydrogen-bond donors (Lipinski definition) is 1. The van der Waals surface area contributed by atoms with Crippen LogP contribution in [0, 0.1) is 17.3 Å². The summed E-state index contributed by atoms with van der Waals surface area (Å²) in [6.07, 6.45) is 12.5. The first-order valence-corrected chi connectivity index (χ1v) is 12.5. The number of fused-ring (bicyclic) bond motifs is 2. The van der Waals surface area contributed by atoms with Crippen molar-refractivity contribution in [3.63, 3.8) is 0 Å². The molecule has 3 heteroatoms. The van der Waals surface area contributed by atoms with Crippen molar-refractivity contribution in [1.82, 2.24) is 4.90 Å². The Morgan fingerprint density at radius 1 is 1.20 bits per heavy atom. The molecule has 2 aliphatic carbocycles. The van der Waals surface area contributed by atoms with Gasteiger partial charge in [-0.2, -0.15) is 0 Å². The highest BCUT2D eigenvalue weighted by atomic mass is 32.1. The van der Waals surface area contributed by atoms with Crippen LogP contribution in [-0.2, 0) is 5.41 Å². The Kier molecular flexibility index (Phi) is 6.42. The van der Waals surface area contributed by atoms with Gasteiger partial charge in [-0.3, -0.25) is 0 Å². The van der Waals surface area contributed by atoms with Gasteiger partial charge in [0.2, 0.25) is 0 Å². The van der Waals surface area contributed by atoms with Crippen molar-refractivity contribution in [2.24, 2.45) is 23.0 Å². The van der Waals surface area contributed by atoms with Crippen LogP contribution < -0.4 is 5.73 Å². The van der Waals surface area contributed by atoms with E-state index in [1.165, 1.54) is 38.5 Å². The minimum absolute atomic E-state index is 0.149. The minimum atomic E-state index is 0.149. The molecule has 2 bridgehead atoms. The normalized spacial score (nSPS) is 34.7. The van der Waals surface area contributed by atoms with Crippen molar-refractivity contribution in [2.45, 2.75) is 83.6 Å². The van der Waals surface area contributed by atoms with E-state index in [9.17, 15) is 0 Å². The number of nitrogens with zero attached hydrogens (tertiary/aromatic N) is 1. The molecule has 3 fully saturated rings. The van der Waals surface area contributed by atoms with Gasteiger partial charge >= 0.3 is 0 Å². The number of likely N-dealkylation sites (tertiary alicyclic amines) is 1. The van der Waals surface area contributed by atoms with Crippen molar-refractivity contribution in [2.75, 3.05) is 13.1 Å². The molecule has 1 saturated heterocycles. The smallest absolute Gasteiger partial charge is 0.0779 e. The first-order valence-electron chi connectivity index (χ1n) is 12.1. The summed E-state index contributed by atoms with van der Waals surface area (Å²) >= 11 is 5.95. The zero-order valence-electron chi connectivity index (χ0n) is 19.2. The number of piperidine rings is 1. The van der Waals surface area contributed by atoms with Crippen LogP contribution in [0.4, 0.5) is 0 Å². The predicted molar refractivity (Wildman–Crippen MR) is 132 cm³/mol. The van der Waals surface area contributed by atoms with Crippen LogP contribution in [0.1, 0.15) is 77.7 Å². The molecular formula is C27H40N2S. The van der Waals surface area contributed by atoms with Crippen LogP contribution in [0.5, 0.6) is 0 Å². The Labute approximate surface area is 189 Å². The second-order valence-electron chi connectivity index (χ2n) is 10.9. The van der Waals surface area contributed by atoms with Gasteiger partial charge in [-0.15, -0.1) is 0 Å². The molecule has 2 saturated carbocycles. The molecule has 1 heterocycles. The van der Waals surface area contributed by atoms with E-state index in [0.717, 1.165) is 36.8 Å². The predicted octanol–water partition coefficient (Wildman–Crippen LogP) is 6.25. The van der Waals surface area contributed by atoms with Crippen LogP contribution in [0.3, 0.4) is 0 Å². The molecule has 3 aliphatic rings. The fraction of sp³-hybridized carbons (Fsp3) is 0.667. The van der Waals surface area contributed by atoms with Crippen LogP contribution in [0.15, 0.2) is 42.0 Å². The van der Waals surface area contributed by atoms with E-state index in [1.807, 2.05) is 0 Å². The largest absolute Gasteiger partial charge is 0.366 e. The molecular weight excluding hydrogens is 384 g/mol. The van der Waals surface area contributed by atoms with Gasteiger partial charge in [0.15, 0.2) is 0 Å². The van der Waals surface area contributed by atoms with E-state index in [0.29, 0.717) is 11.3 Å². The zero-order valence-corrected chi connectivity index (χ0v) is 20.0. The summed E-state index contributed by atoms with van der Waals surface area (Å²) in [5, 5.41) is 0. The van der Waals surface area contributed by atoms with Crippen LogP contribution in [0.25, 0.3) is 0 Å². The molecule has 1 aromatic carbocycles. The topological polar surface area (TPSA) is 29.3 Å². The molecule has 4 rings (SSSR count). The summed E-state index contributed by atoms with van der Waals surface area (Å²) in [7, 11) is 0. The lowest BCUT2D eigenvalue weighted by Crippen LogP contribution is -2.53. The first kappa shape index (κ1) is 22.0. The summed E-state index contributed by atoms with van der Waals surface area (Å²) in [5.41, 5.74) is 10.2. The van der Waals surface area contributed by atoms with Crippen LogP contribution in [0.2, 0.25) is 0 Å². The molecule has 3 unspecified atom stereocenters. The Morgan fingerprint density at radius 3 is 2.67 bits per heavy atom. The molecule has 1 aliphatic heterocycles. The lowest BCUT2D eigenvalue weighted by molar-refractivity contribution is 0.143. The first-order chi connectivity index (χ1) is 14.3. The van der Waals surface area contributed by atoms with E-state index in [4.69, 9.17) is 18.0 Å². The van der Waals surface area contributed by atoms with Crippen molar-refractivity contribution in [3.05, 3.63) is 47.5 Å². The number of allylic oxidation sites excluding steroid dienone is 2. The highest BCUT2D eigenvalue weighted by Gasteiger charge is 2.46. The molecule has 2 N–H and O–H groups in total. The monoisotopic (exact) mass is 424 g/mol. The fourth-order valence-electron chi connectivity index (χ4n) is 6.71. The summed E-state index contributed by atoms with van der Waals surface area (Å²) in [6.45, 7) is 8.87. The van der Waals surface area contributed by atoms with E-state index in [1.54, 1.807) is 11.1 Å². The van der Waals surface area contributed by atoms with Gasteiger partial charge in [0.05, 0.1) is 4.99 Å². The van der Waals surface area contributed by atoms with E-state index in [-0.39, 0.29) is 11.5 Å². The third-order valence-corrected chi connectivity index (χ3v) is 8.98. The van der Waals surface area contributed by atoms with E-state index in [2.05, 4.69) is 62.1 Å². The maximum atomic E-state index is 6.35. The lowest BCUT2D eigenvalue weighted by atomic mass is 9.54. The summed E-state index contributed by atoms with van der Waals surface area (Å²) in [6, 6.07) is 11.7. The van der Waals surface area contributed by atoms with Crippen molar-refractivity contribution < 1.29 is 0 Å². The van der Waals surface area contributed by atoms with E-state index >= 15 is 0 Å². The maximum Gasteiger partial charge on any atom is 0.0779 e. The highest BCUT2D eigenvalue weighted by molar-refractivity contribution is 7.80. The average molecular weight is 425 g/mol. The standard InChI is InChI=1S/C27H40N2S/c1-4-23-20-9-8-15-27(17-20,22-10-6-5-7-11-22)18-21(23)12-13-25(30)29-16-14-24(28)26(2,3)19-29/h4-7,10-11,20-21,24H,8-9,12-19,28H2,1-3H3/b23-4+/t20?,21?,24-,27?/m0/s1. The van der Waals surface area contributed by atoms with Gasteiger partial charge in [0.1, 0.15) is 0 Å². The zero-order chi connectivity index (χ0) is 21.4. The third-order valence-electron chi connectivity index (χ3n) is 8.52. The van der Waals surface area contributed by atoms with E-state index < -0.39 is 0 Å². The molecule has 4 atom stereocenters. The molecule has 0 amide bonds. The van der Waals surface area contributed by atoms with Gasteiger partial charge in [-0.25, -0.2) is 0 Å². The van der Waals surface area contributed by atoms with Crippen LogP contribution in [-0.4, -0.2) is 29.0 Å². The Bertz CT molecular complexity index is 783. The molecule has 0 spiro atoms. The van der Waals surface area contributed by atoms with Crippen molar-refractivity contribution in [3.8, 4) is 0 Å². The highest BCUT2D eigenvalue weighted by Crippen LogP contribution is 2.55. The van der Waals surface area contributed by atoms with Gasteiger partial charge < -0.3 is 10.6 Å². The molecule has 1 aromatic rings. The van der Waals surface area contributed by atoms with Gasteiger partial charge in [-0.05, 0) is 80.1 Å². The number of thiocarbonyl (C=S) groups is 1. The Balaban J connectivity index is 1.47. The summed E-state index contributed by atoms with van der Waals surface area (Å²) in [5.74, 6) is 1.44. The molecule has 0 aromatic heterocycles. The summed E-state index contributed by atoms with van der Waals surface area (Å²) < 4.78 is 0. The van der Waals surface area contributed by atoms with Crippen molar-refractivity contribution in [1.29, 1.82) is 0 Å². The Morgan fingerprint density at radius 2 is 1.97 bits per heavy atom. The molecule has 164 valence electrons. The SMILES string of the molecule is C/C=C1\C2CCCC(c3ccccc3)(C2)CC1CCC(=S)N1CC[C@H](N)C(C)(C)C1. The second kappa shape index (κ2) is 8.74. The Hall–Kier alpha value is -1.19. The number of benzene rings is 1. The van der Waals surface area contributed by atoms with Crippen LogP contribution >= 0.6 is 12.2 Å². The molecule has 2 nitrogen and oxygen atoms in total. The maximum absolute atomic E-state index is 6.35. The van der Waals surface area contributed by atoms with Gasteiger partial charge in [0.25, 0.3) is 0 Å². The second-order valence-corrected chi connectivity index (χ2v) is 11.3. The number of hydrogen-bond acceptors (Lipinski definition) is 2. The average Bonchev–Trinajstić information content (AvgIpc) is 2.74. The van der Waals surface area contributed by atoms with Gasteiger partial charge in [-0.1, -0.05) is 74.5 Å². The fourth-order valence-corrected chi connectivity index (χ4v) is 6.98.